The van der Waals surface area contributed by atoms with Crippen LogP contribution in [0, 0.1) is 5.92 Å². The number of fused-ring (bicyclic) bond motifs is 1. The van der Waals surface area contributed by atoms with Gasteiger partial charge in [-0.25, -0.2) is 4.98 Å². The van der Waals surface area contributed by atoms with Crippen molar-refractivity contribution < 1.29 is 0 Å². The Hall–Kier alpha value is -0.410. The van der Waals surface area contributed by atoms with Crippen LogP contribution in [0.2, 0.25) is 0 Å². The fraction of sp³-hybridized carbons (Fsp3) is 0.800. The number of nitrogens with one attached hydrogen (secondary N) is 1. The van der Waals surface area contributed by atoms with Gasteiger partial charge in [-0.1, -0.05) is 19.8 Å². The van der Waals surface area contributed by atoms with Gasteiger partial charge in [0.2, 0.25) is 0 Å². The summed E-state index contributed by atoms with van der Waals surface area (Å²) in [6.45, 7) is 3.51. The molecule has 2 aliphatic rings. The molecule has 1 saturated heterocycles. The minimum absolute atomic E-state index is 0.698. The van der Waals surface area contributed by atoms with Gasteiger partial charge in [0.15, 0.2) is 0 Å². The van der Waals surface area contributed by atoms with Crippen molar-refractivity contribution in [3.8, 4) is 0 Å². The highest BCUT2D eigenvalue weighted by Gasteiger charge is 2.23. The molecule has 3 heteroatoms. The second-order valence-electron chi connectivity index (χ2n) is 5.87. The maximum Gasteiger partial charge on any atom is 0.0946 e. The fourth-order valence-corrected chi connectivity index (χ4v) is 4.69. The monoisotopic (exact) mass is 264 g/mol. The van der Waals surface area contributed by atoms with Crippen LogP contribution in [0.1, 0.15) is 54.6 Å². The van der Waals surface area contributed by atoms with E-state index < -0.39 is 0 Å². The van der Waals surface area contributed by atoms with Crippen LogP contribution in [-0.4, -0.2) is 17.6 Å². The van der Waals surface area contributed by atoms with Crippen LogP contribution in [0.25, 0.3) is 0 Å². The Balaban J connectivity index is 1.64. The smallest absolute Gasteiger partial charge is 0.0946 e. The zero-order valence-corrected chi connectivity index (χ0v) is 12.2. The molecule has 2 heterocycles. The van der Waals surface area contributed by atoms with E-state index in [1.165, 1.54) is 62.2 Å². The predicted octanol–water partition coefficient (Wildman–Crippen LogP) is 3.34. The van der Waals surface area contributed by atoms with Gasteiger partial charge in [0.1, 0.15) is 0 Å². The maximum absolute atomic E-state index is 4.89. The summed E-state index contributed by atoms with van der Waals surface area (Å²) < 4.78 is 0. The van der Waals surface area contributed by atoms with Crippen LogP contribution in [0.3, 0.4) is 0 Å². The van der Waals surface area contributed by atoms with Gasteiger partial charge in [0, 0.05) is 17.3 Å². The summed E-state index contributed by atoms with van der Waals surface area (Å²) in [5, 5.41) is 4.97. The third-order valence-electron chi connectivity index (χ3n) is 4.37. The first kappa shape index (κ1) is 12.6. The summed E-state index contributed by atoms with van der Waals surface area (Å²) >= 11 is 2.00. The van der Waals surface area contributed by atoms with Gasteiger partial charge in [0.05, 0.1) is 10.7 Å². The van der Waals surface area contributed by atoms with Crippen molar-refractivity contribution in [2.45, 2.75) is 64.3 Å². The van der Waals surface area contributed by atoms with Crippen LogP contribution in [-0.2, 0) is 19.3 Å². The number of aryl methyl sites for hydroxylation is 1. The summed E-state index contributed by atoms with van der Waals surface area (Å²) in [4.78, 5) is 6.49. The number of hydrogen-bond donors (Lipinski definition) is 1. The molecule has 0 aromatic carbocycles. The van der Waals surface area contributed by atoms with E-state index in [0.29, 0.717) is 6.04 Å². The standard InChI is InChI=1S/C15H24N2S/c1-2-4-11-6-7-13-14(9-11)18-15(17-13)10-12-5-3-8-16-12/h11-12,16H,2-10H2,1H3. The molecule has 1 aromatic heterocycles. The largest absolute Gasteiger partial charge is 0.314 e. The molecule has 1 N–H and O–H groups in total. The Labute approximate surface area is 114 Å². The number of thiazole rings is 1. The molecule has 0 spiro atoms. The molecule has 1 aliphatic heterocycles. The van der Waals surface area contributed by atoms with Crippen molar-refractivity contribution in [1.82, 2.24) is 10.3 Å². The lowest BCUT2D eigenvalue weighted by molar-refractivity contribution is 0.423. The van der Waals surface area contributed by atoms with Crippen LogP contribution >= 0.6 is 11.3 Å². The minimum Gasteiger partial charge on any atom is -0.314 e. The van der Waals surface area contributed by atoms with Crippen LogP contribution in [0.15, 0.2) is 0 Å². The van der Waals surface area contributed by atoms with Crippen LogP contribution in [0.4, 0.5) is 0 Å². The lowest BCUT2D eigenvalue weighted by Gasteiger charge is -2.20. The Morgan fingerprint density at radius 3 is 3.11 bits per heavy atom. The molecule has 2 atom stereocenters. The molecular formula is C15H24N2S. The van der Waals surface area contributed by atoms with Crippen molar-refractivity contribution >= 4 is 11.3 Å². The molecule has 100 valence electrons. The van der Waals surface area contributed by atoms with Gasteiger partial charge in [-0.05, 0) is 44.6 Å². The summed E-state index contributed by atoms with van der Waals surface area (Å²) in [5.41, 5.74) is 1.43. The van der Waals surface area contributed by atoms with E-state index in [9.17, 15) is 0 Å². The molecule has 1 aliphatic carbocycles. The number of rotatable bonds is 4. The first-order valence-corrected chi connectivity index (χ1v) is 8.37. The third-order valence-corrected chi connectivity index (χ3v) is 5.51. The normalized spacial score (nSPS) is 27.4. The minimum atomic E-state index is 0.698. The van der Waals surface area contributed by atoms with Gasteiger partial charge in [-0.3, -0.25) is 0 Å². The lowest BCUT2D eigenvalue weighted by Crippen LogP contribution is -2.23. The molecule has 18 heavy (non-hydrogen) atoms. The zero-order chi connectivity index (χ0) is 12.4. The summed E-state index contributed by atoms with van der Waals surface area (Å²) in [5.74, 6) is 0.931. The number of nitrogens with zero attached hydrogens (tertiary/aromatic N) is 1. The quantitative estimate of drug-likeness (QED) is 0.902. The molecule has 2 nitrogen and oxygen atoms in total. The summed E-state index contributed by atoms with van der Waals surface area (Å²) in [7, 11) is 0. The Morgan fingerprint density at radius 2 is 2.33 bits per heavy atom. The van der Waals surface area contributed by atoms with E-state index >= 15 is 0 Å². The Bertz CT molecular complexity index is 393. The molecule has 0 radical (unpaired) electrons. The third kappa shape index (κ3) is 2.77. The second kappa shape index (κ2) is 5.70. The van der Waals surface area contributed by atoms with Crippen molar-refractivity contribution in [2.24, 2.45) is 5.92 Å². The van der Waals surface area contributed by atoms with Crippen molar-refractivity contribution in [1.29, 1.82) is 0 Å². The van der Waals surface area contributed by atoms with Gasteiger partial charge in [0.25, 0.3) is 0 Å². The molecule has 3 rings (SSSR count). The number of aromatic nitrogens is 1. The topological polar surface area (TPSA) is 24.9 Å². The van der Waals surface area contributed by atoms with Gasteiger partial charge in [-0.2, -0.15) is 0 Å². The lowest BCUT2D eigenvalue weighted by atomic mass is 9.88. The first-order chi connectivity index (χ1) is 8.85. The average Bonchev–Trinajstić information content (AvgIpc) is 2.98. The van der Waals surface area contributed by atoms with Crippen LogP contribution in [0.5, 0.6) is 0 Å². The molecular weight excluding hydrogens is 240 g/mol. The Kier molecular flexibility index (Phi) is 4.00. The van der Waals surface area contributed by atoms with Gasteiger partial charge >= 0.3 is 0 Å². The van der Waals surface area contributed by atoms with E-state index in [0.717, 1.165) is 12.3 Å². The van der Waals surface area contributed by atoms with Crippen molar-refractivity contribution in [2.75, 3.05) is 6.54 Å². The highest BCUT2D eigenvalue weighted by atomic mass is 32.1. The SMILES string of the molecule is CCCC1CCc2nc(CC3CCCN3)sc2C1. The molecule has 1 fully saturated rings. The molecule has 0 bridgehead atoms. The van der Waals surface area contributed by atoms with Gasteiger partial charge in [-0.15, -0.1) is 11.3 Å². The van der Waals surface area contributed by atoms with Crippen molar-refractivity contribution in [3.63, 3.8) is 0 Å². The highest BCUT2D eigenvalue weighted by molar-refractivity contribution is 7.11. The van der Waals surface area contributed by atoms with Crippen molar-refractivity contribution in [3.05, 3.63) is 15.6 Å². The summed E-state index contributed by atoms with van der Waals surface area (Å²) in [6.07, 6.45) is 10.5. The first-order valence-electron chi connectivity index (χ1n) is 7.56. The highest BCUT2D eigenvalue weighted by Crippen LogP contribution is 2.32. The fourth-order valence-electron chi connectivity index (χ4n) is 3.38. The van der Waals surface area contributed by atoms with Gasteiger partial charge < -0.3 is 5.32 Å². The summed E-state index contributed by atoms with van der Waals surface area (Å²) in [6, 6.07) is 0.698. The molecule has 0 saturated carbocycles. The van der Waals surface area contributed by atoms with E-state index in [1.807, 2.05) is 11.3 Å². The molecule has 0 amide bonds. The Morgan fingerprint density at radius 1 is 1.39 bits per heavy atom. The van der Waals surface area contributed by atoms with E-state index in [4.69, 9.17) is 4.98 Å². The average molecular weight is 264 g/mol. The van der Waals surface area contributed by atoms with E-state index in [1.54, 1.807) is 4.88 Å². The van der Waals surface area contributed by atoms with E-state index in [2.05, 4.69) is 12.2 Å². The zero-order valence-electron chi connectivity index (χ0n) is 11.4. The molecule has 1 aromatic rings. The second-order valence-corrected chi connectivity index (χ2v) is 7.04. The van der Waals surface area contributed by atoms with Crippen LogP contribution < -0.4 is 5.32 Å². The maximum atomic E-state index is 4.89. The number of hydrogen-bond acceptors (Lipinski definition) is 3. The molecule has 2 unspecified atom stereocenters. The predicted molar refractivity (Wildman–Crippen MR) is 77.3 cm³/mol. The van der Waals surface area contributed by atoms with E-state index in [-0.39, 0.29) is 0 Å².